The first-order chi connectivity index (χ1) is 15.0. The van der Waals surface area contributed by atoms with Gasteiger partial charge in [-0.1, -0.05) is 6.07 Å². The molecule has 1 amide bonds. The van der Waals surface area contributed by atoms with E-state index in [1.54, 1.807) is 19.1 Å². The minimum Gasteiger partial charge on any atom is -0.497 e. The van der Waals surface area contributed by atoms with Gasteiger partial charge >= 0.3 is 0 Å². The number of oxazole rings is 1. The Bertz CT molecular complexity index is 1070. The van der Waals surface area contributed by atoms with Gasteiger partial charge in [0.25, 0.3) is 5.91 Å². The van der Waals surface area contributed by atoms with Crippen molar-refractivity contribution >= 4 is 5.91 Å². The van der Waals surface area contributed by atoms with E-state index in [1.807, 2.05) is 42.8 Å². The fourth-order valence-electron chi connectivity index (χ4n) is 3.96. The maximum absolute atomic E-state index is 13.2. The van der Waals surface area contributed by atoms with Gasteiger partial charge in [-0.05, 0) is 26.0 Å². The number of rotatable bonds is 6. The number of carbonyl (C=O) groups is 1. The molecule has 3 heterocycles. The molecule has 1 aromatic carbocycles. The van der Waals surface area contributed by atoms with Crippen molar-refractivity contribution in [2.75, 3.05) is 34.0 Å². The third-order valence-electron chi connectivity index (χ3n) is 5.41. The normalized spacial score (nSPS) is 16.5. The predicted octanol–water partition coefficient (Wildman–Crippen LogP) is 2.85. The topological polar surface area (TPSA) is 91.8 Å². The van der Waals surface area contributed by atoms with Gasteiger partial charge in [-0.25, -0.2) is 9.67 Å². The number of hydrogen-bond acceptors (Lipinski definition) is 7. The van der Waals surface area contributed by atoms with Crippen molar-refractivity contribution in [2.24, 2.45) is 0 Å². The summed E-state index contributed by atoms with van der Waals surface area (Å²) in [6, 6.07) is 7.44. The van der Waals surface area contributed by atoms with E-state index in [2.05, 4.69) is 4.98 Å². The molecule has 1 aliphatic heterocycles. The smallest absolute Gasteiger partial charge is 0.276 e. The highest BCUT2D eigenvalue weighted by Crippen LogP contribution is 2.32. The number of carbonyl (C=O) groups excluding carboxylic acids is 1. The summed E-state index contributed by atoms with van der Waals surface area (Å²) in [6.07, 6.45) is 1.38. The number of morpholine rings is 1. The van der Waals surface area contributed by atoms with Gasteiger partial charge in [-0.2, -0.15) is 5.10 Å². The highest BCUT2D eigenvalue weighted by Gasteiger charge is 2.34. The number of aryl methyl sites for hydroxylation is 1. The summed E-state index contributed by atoms with van der Waals surface area (Å²) in [5.41, 5.74) is 3.90. The van der Waals surface area contributed by atoms with Gasteiger partial charge in [0.15, 0.2) is 5.69 Å². The lowest BCUT2D eigenvalue weighted by molar-refractivity contribution is -0.00335. The second-order valence-electron chi connectivity index (χ2n) is 7.35. The Morgan fingerprint density at radius 2 is 2.13 bits per heavy atom. The van der Waals surface area contributed by atoms with Crippen LogP contribution >= 0.6 is 0 Å². The molecule has 0 radical (unpaired) electrons. The van der Waals surface area contributed by atoms with Crippen molar-refractivity contribution in [3.05, 3.63) is 59.1 Å². The summed E-state index contributed by atoms with van der Waals surface area (Å²) in [5.74, 6) is 0.920. The molecule has 9 heteroatoms. The molecule has 9 nitrogen and oxygen atoms in total. The van der Waals surface area contributed by atoms with E-state index in [1.165, 1.54) is 6.26 Å². The Morgan fingerprint density at radius 1 is 1.29 bits per heavy atom. The van der Waals surface area contributed by atoms with E-state index in [0.717, 1.165) is 28.4 Å². The lowest BCUT2D eigenvalue weighted by Gasteiger charge is -2.35. The first-order valence-electron chi connectivity index (χ1n) is 10.1. The number of hydrogen-bond donors (Lipinski definition) is 0. The molecule has 1 atom stereocenters. The van der Waals surface area contributed by atoms with Crippen LogP contribution in [0.4, 0.5) is 0 Å². The van der Waals surface area contributed by atoms with E-state index in [4.69, 9.17) is 23.7 Å². The van der Waals surface area contributed by atoms with Crippen molar-refractivity contribution < 1.29 is 23.4 Å². The van der Waals surface area contributed by atoms with Gasteiger partial charge in [-0.3, -0.25) is 4.79 Å². The molecule has 31 heavy (non-hydrogen) atoms. The maximum atomic E-state index is 13.2. The molecule has 1 aliphatic rings. The zero-order valence-corrected chi connectivity index (χ0v) is 18.1. The van der Waals surface area contributed by atoms with E-state index in [0.29, 0.717) is 25.6 Å². The van der Waals surface area contributed by atoms with Crippen LogP contribution in [-0.2, 0) is 16.1 Å². The fourth-order valence-corrected chi connectivity index (χ4v) is 3.96. The third kappa shape index (κ3) is 4.06. The fraction of sp³-hybridized carbons (Fsp3) is 0.409. The average Bonchev–Trinajstić information content (AvgIpc) is 3.37. The van der Waals surface area contributed by atoms with Crippen LogP contribution in [0, 0.1) is 13.8 Å². The molecule has 0 saturated carbocycles. The molecule has 2 aromatic heterocycles. The van der Waals surface area contributed by atoms with Crippen LogP contribution in [0.2, 0.25) is 0 Å². The van der Waals surface area contributed by atoms with Crippen LogP contribution in [0.5, 0.6) is 5.75 Å². The minimum absolute atomic E-state index is 0.202. The van der Waals surface area contributed by atoms with E-state index < -0.39 is 0 Å². The Balaban J connectivity index is 1.68. The van der Waals surface area contributed by atoms with Crippen molar-refractivity contribution in [3.8, 4) is 11.4 Å². The second-order valence-corrected chi connectivity index (χ2v) is 7.35. The summed E-state index contributed by atoms with van der Waals surface area (Å²) < 4.78 is 23.3. The second kappa shape index (κ2) is 8.91. The van der Waals surface area contributed by atoms with Gasteiger partial charge in [0, 0.05) is 31.0 Å². The molecule has 0 bridgehead atoms. The van der Waals surface area contributed by atoms with Crippen molar-refractivity contribution in [1.29, 1.82) is 0 Å². The Morgan fingerprint density at radius 3 is 2.90 bits per heavy atom. The standard InChI is InChI=1S/C22H26N4O5/c1-14-21(15(2)26(24-14)16-6-5-7-17(10-16)29-4)19-12-30-9-8-25(19)22(27)18-11-31-20(23-18)13-28-3/h5-7,10-11,19H,8-9,12-13H2,1-4H3. The molecule has 164 valence electrons. The number of aromatic nitrogens is 3. The predicted molar refractivity (Wildman–Crippen MR) is 111 cm³/mol. The monoisotopic (exact) mass is 426 g/mol. The number of nitrogens with zero attached hydrogens (tertiary/aromatic N) is 4. The van der Waals surface area contributed by atoms with E-state index in [9.17, 15) is 4.79 Å². The van der Waals surface area contributed by atoms with Crippen LogP contribution in [-0.4, -0.2) is 59.5 Å². The highest BCUT2D eigenvalue weighted by molar-refractivity contribution is 5.92. The van der Waals surface area contributed by atoms with Gasteiger partial charge in [0.2, 0.25) is 5.89 Å². The Kier molecular flexibility index (Phi) is 6.06. The number of ether oxygens (including phenoxy) is 3. The van der Waals surface area contributed by atoms with Crippen LogP contribution < -0.4 is 4.74 Å². The molecule has 1 fully saturated rings. The van der Waals surface area contributed by atoms with Gasteiger partial charge in [0.05, 0.1) is 37.7 Å². The van der Waals surface area contributed by atoms with E-state index >= 15 is 0 Å². The van der Waals surface area contributed by atoms with Crippen LogP contribution in [0.25, 0.3) is 5.69 Å². The van der Waals surface area contributed by atoms with Crippen LogP contribution in [0.15, 0.2) is 34.9 Å². The van der Waals surface area contributed by atoms with Crippen LogP contribution in [0.3, 0.4) is 0 Å². The van der Waals surface area contributed by atoms with Crippen molar-refractivity contribution in [1.82, 2.24) is 19.7 Å². The lowest BCUT2D eigenvalue weighted by atomic mass is 10.0. The summed E-state index contributed by atoms with van der Waals surface area (Å²) in [5, 5.41) is 4.74. The zero-order chi connectivity index (χ0) is 22.0. The molecule has 1 unspecified atom stereocenters. The molecular formula is C22H26N4O5. The summed E-state index contributed by atoms with van der Waals surface area (Å²) in [6.45, 7) is 5.47. The molecule has 0 N–H and O–H groups in total. The summed E-state index contributed by atoms with van der Waals surface area (Å²) in [4.78, 5) is 19.3. The van der Waals surface area contributed by atoms with Crippen molar-refractivity contribution in [3.63, 3.8) is 0 Å². The van der Waals surface area contributed by atoms with Gasteiger partial charge in [0.1, 0.15) is 18.6 Å². The number of methoxy groups -OCH3 is 2. The maximum Gasteiger partial charge on any atom is 0.276 e. The molecular weight excluding hydrogens is 400 g/mol. The Hall–Kier alpha value is -3.17. The van der Waals surface area contributed by atoms with Gasteiger partial charge < -0.3 is 23.5 Å². The molecule has 3 aromatic rings. The SMILES string of the molecule is COCc1nc(C(=O)N2CCOCC2c2c(C)nn(-c3cccc(OC)c3)c2C)co1. The van der Waals surface area contributed by atoms with E-state index in [-0.39, 0.29) is 24.2 Å². The molecule has 0 spiro atoms. The summed E-state index contributed by atoms with van der Waals surface area (Å²) >= 11 is 0. The Labute approximate surface area is 180 Å². The number of benzene rings is 1. The van der Waals surface area contributed by atoms with Crippen LogP contribution in [0.1, 0.15) is 39.4 Å². The molecule has 1 saturated heterocycles. The first kappa shape index (κ1) is 21.1. The lowest BCUT2D eigenvalue weighted by Crippen LogP contribution is -2.44. The largest absolute Gasteiger partial charge is 0.497 e. The zero-order valence-electron chi connectivity index (χ0n) is 18.1. The summed E-state index contributed by atoms with van der Waals surface area (Å²) in [7, 11) is 3.19. The average molecular weight is 426 g/mol. The number of amides is 1. The third-order valence-corrected chi connectivity index (χ3v) is 5.41. The minimum atomic E-state index is -0.275. The molecule has 0 aliphatic carbocycles. The van der Waals surface area contributed by atoms with Gasteiger partial charge in [-0.15, -0.1) is 0 Å². The first-order valence-corrected chi connectivity index (χ1v) is 10.1. The van der Waals surface area contributed by atoms with Crippen molar-refractivity contribution in [2.45, 2.75) is 26.5 Å². The highest BCUT2D eigenvalue weighted by atomic mass is 16.5. The molecule has 4 rings (SSSR count). The quantitative estimate of drug-likeness (QED) is 0.598.